The number of carbonyl (C=O) groups excluding carboxylic acids is 3. The number of hydrogen-bond acceptors (Lipinski definition) is 14. The Morgan fingerprint density at radius 3 is 2.43 bits per heavy atom. The molecule has 12 atom stereocenters. The number of nitrogens with one attached hydrogen (secondary N) is 2. The van der Waals surface area contributed by atoms with E-state index < -0.39 is 89.4 Å². The second kappa shape index (κ2) is 20.0. The Kier molecular flexibility index (Phi) is 16.2. The van der Waals surface area contributed by atoms with Gasteiger partial charge in [-0.15, -0.1) is 0 Å². The van der Waals surface area contributed by atoms with Crippen LogP contribution in [0.2, 0.25) is 0 Å². The highest BCUT2D eigenvalue weighted by molar-refractivity contribution is 5.96. The van der Waals surface area contributed by atoms with Crippen molar-refractivity contribution in [2.75, 3.05) is 27.6 Å². The largest absolute Gasteiger partial charge is 0.480 e. The van der Waals surface area contributed by atoms with Crippen molar-refractivity contribution in [1.29, 1.82) is 0 Å². The standard InChI is InChI=1S/C39H61N5O14/c1-21-19-39(53-7,57-23(3)22(21)2)31(47)33(48)44-34-30-29(54-20-55-34)32(52-6)37(4,5)27(56-30)18-24-12-10-16-38(51,58-24)26(45)14-8-9-15-28(46)43-25(35(49)50)13-11-17-42-36(40)41/h8-9,14-15,22-25,27,29-32,34,47,51H,1,10-13,16-20H2,2-7H3,(H,43,46)(H,44,48)(H,49,50)(H4,40,41,42)/b14-8+,15-9+/t22-,23-,24-,25?,27-,29+,30+,31-,32-,34+,38+,39-/m1/s1. The number of nitrogens with zero attached hydrogens (tertiary/aromatic N) is 1. The molecular weight excluding hydrogens is 762 g/mol. The molecule has 4 aliphatic heterocycles. The summed E-state index contributed by atoms with van der Waals surface area (Å²) in [5, 5.41) is 37.2. The number of allylic oxidation sites excluding steroid dienone is 2. The van der Waals surface area contributed by atoms with E-state index in [1.807, 2.05) is 27.7 Å². The molecule has 4 fully saturated rings. The minimum absolute atomic E-state index is 0.0107. The van der Waals surface area contributed by atoms with E-state index in [-0.39, 0.29) is 57.0 Å². The summed E-state index contributed by atoms with van der Waals surface area (Å²) in [6, 6.07) is -1.18. The topological polar surface area (TPSA) is 282 Å². The summed E-state index contributed by atoms with van der Waals surface area (Å²) >= 11 is 0. The van der Waals surface area contributed by atoms with E-state index in [4.69, 9.17) is 44.6 Å². The number of ketones is 1. The van der Waals surface area contributed by atoms with E-state index in [1.54, 1.807) is 7.11 Å². The monoisotopic (exact) mass is 823 g/mol. The number of aliphatic hydroxyl groups excluding tert-OH is 1. The van der Waals surface area contributed by atoms with Crippen LogP contribution in [0.15, 0.2) is 41.4 Å². The lowest BCUT2D eigenvalue weighted by Gasteiger charge is -2.55. The van der Waals surface area contributed by atoms with Crippen LogP contribution in [0.4, 0.5) is 0 Å². The van der Waals surface area contributed by atoms with Crippen LogP contribution in [-0.2, 0) is 52.3 Å². The number of carboxylic acid groups (broad SMARTS) is 1. The highest BCUT2D eigenvalue weighted by Gasteiger charge is 2.58. The maximum Gasteiger partial charge on any atom is 0.326 e. The number of aliphatic imine (C=N–C) groups is 1. The first-order valence-electron chi connectivity index (χ1n) is 19.5. The first-order chi connectivity index (χ1) is 27.3. The van der Waals surface area contributed by atoms with Crippen molar-refractivity contribution >= 4 is 29.5 Å². The number of guanidine groups is 1. The number of methoxy groups -OCH3 is 2. The molecule has 0 aromatic rings. The molecule has 9 N–H and O–H groups in total. The maximum atomic E-state index is 13.6. The van der Waals surface area contributed by atoms with Gasteiger partial charge in [0.1, 0.15) is 25.0 Å². The molecule has 0 radical (unpaired) electrons. The predicted molar refractivity (Wildman–Crippen MR) is 206 cm³/mol. The number of fused-ring (bicyclic) bond motifs is 1. The number of nitrogens with two attached hydrogens (primary N) is 2. The highest BCUT2D eigenvalue weighted by Crippen LogP contribution is 2.45. The summed E-state index contributed by atoms with van der Waals surface area (Å²) < 4.78 is 42.1. The molecule has 4 aliphatic rings. The zero-order valence-corrected chi connectivity index (χ0v) is 34.1. The zero-order chi connectivity index (χ0) is 43.0. The Bertz CT molecular complexity index is 1580. The van der Waals surface area contributed by atoms with Gasteiger partial charge in [0.2, 0.25) is 23.3 Å². The normalized spacial score (nSPS) is 34.8. The van der Waals surface area contributed by atoms with Gasteiger partial charge < -0.3 is 70.6 Å². The van der Waals surface area contributed by atoms with E-state index in [1.165, 1.54) is 19.3 Å². The zero-order valence-electron chi connectivity index (χ0n) is 34.1. The van der Waals surface area contributed by atoms with Crippen molar-refractivity contribution in [3.05, 3.63) is 36.5 Å². The number of carboxylic acids is 1. The summed E-state index contributed by atoms with van der Waals surface area (Å²) in [5.41, 5.74) is 10.6. The first kappa shape index (κ1) is 46.9. The van der Waals surface area contributed by atoms with Crippen LogP contribution < -0.4 is 22.1 Å². The van der Waals surface area contributed by atoms with Gasteiger partial charge in [-0.1, -0.05) is 45.1 Å². The summed E-state index contributed by atoms with van der Waals surface area (Å²) in [4.78, 5) is 54.5. The van der Waals surface area contributed by atoms with E-state index >= 15 is 0 Å². The van der Waals surface area contributed by atoms with E-state index in [0.717, 1.165) is 17.7 Å². The molecule has 0 aliphatic carbocycles. The number of carbonyl (C=O) groups is 4. The Hall–Kier alpha value is -3.79. The maximum absolute atomic E-state index is 13.6. The van der Waals surface area contributed by atoms with Crippen LogP contribution in [0.25, 0.3) is 0 Å². The quantitative estimate of drug-likeness (QED) is 0.0259. The molecule has 19 heteroatoms. The lowest BCUT2D eigenvalue weighted by Crippen LogP contribution is -2.69. The number of aliphatic carboxylic acids is 1. The summed E-state index contributed by atoms with van der Waals surface area (Å²) in [5.74, 6) is -7.46. The van der Waals surface area contributed by atoms with Crippen LogP contribution >= 0.6 is 0 Å². The molecule has 0 bridgehead atoms. The van der Waals surface area contributed by atoms with Gasteiger partial charge in [0.15, 0.2) is 18.3 Å². The SMILES string of the molecule is C=C1C[C@](OC)([C@H](O)C(=O)N[C@H]2OCO[C@H]3[C@@H]2O[C@H](C[C@H]2CCC[C@@](O)(C(=O)/C=C/C=C/C(=O)NC(CCCN=C(N)N)C(=O)O)O2)C(C)(C)[C@@H]3OC)O[C@H](C)[C@@H]1C. The fourth-order valence-electron chi connectivity index (χ4n) is 7.88. The molecule has 2 amide bonds. The van der Waals surface area contributed by atoms with Crippen LogP contribution in [0.3, 0.4) is 0 Å². The van der Waals surface area contributed by atoms with Crippen molar-refractivity contribution in [3.63, 3.8) is 0 Å². The molecule has 4 saturated heterocycles. The molecule has 0 saturated carbocycles. The third-order valence-electron chi connectivity index (χ3n) is 11.5. The third kappa shape index (κ3) is 11.1. The van der Waals surface area contributed by atoms with Gasteiger partial charge in [-0.3, -0.25) is 19.4 Å². The fraction of sp³-hybridized carbons (Fsp3) is 0.718. The van der Waals surface area contributed by atoms with E-state index in [2.05, 4.69) is 22.2 Å². The van der Waals surface area contributed by atoms with Crippen LogP contribution in [0.5, 0.6) is 0 Å². The highest BCUT2D eigenvalue weighted by atomic mass is 16.7. The Morgan fingerprint density at radius 2 is 1.79 bits per heavy atom. The number of rotatable bonds is 17. The molecule has 58 heavy (non-hydrogen) atoms. The van der Waals surface area contributed by atoms with Crippen LogP contribution in [0, 0.1) is 11.3 Å². The number of amides is 2. The molecule has 4 heterocycles. The smallest absolute Gasteiger partial charge is 0.326 e. The van der Waals surface area contributed by atoms with Gasteiger partial charge in [-0.25, -0.2) is 4.79 Å². The average molecular weight is 824 g/mol. The Balaban J connectivity index is 1.40. The molecule has 0 aromatic carbocycles. The fourth-order valence-corrected chi connectivity index (χ4v) is 7.88. The van der Waals surface area contributed by atoms with Gasteiger partial charge in [-0.2, -0.15) is 0 Å². The van der Waals surface area contributed by atoms with Gasteiger partial charge in [0, 0.05) is 57.4 Å². The molecule has 1 unspecified atom stereocenters. The molecular formula is C39H61N5O14. The number of hydrogen-bond donors (Lipinski definition) is 7. The van der Waals surface area contributed by atoms with Crippen molar-refractivity contribution < 1.29 is 67.7 Å². The van der Waals surface area contributed by atoms with Crippen molar-refractivity contribution in [3.8, 4) is 0 Å². The number of ether oxygens (including phenoxy) is 7. The second-order valence-corrected chi connectivity index (χ2v) is 15.9. The molecule has 0 aromatic heterocycles. The van der Waals surface area contributed by atoms with Crippen LogP contribution in [0.1, 0.15) is 72.6 Å². The van der Waals surface area contributed by atoms with Crippen LogP contribution in [-0.4, -0.2) is 139 Å². The lowest BCUT2D eigenvalue weighted by atomic mass is 9.72. The Labute approximate surface area is 338 Å². The van der Waals surface area contributed by atoms with Gasteiger partial charge in [0.05, 0.1) is 24.4 Å². The molecule has 19 nitrogen and oxygen atoms in total. The van der Waals surface area contributed by atoms with Crippen molar-refractivity contribution in [2.24, 2.45) is 27.8 Å². The van der Waals surface area contributed by atoms with Crippen molar-refractivity contribution in [2.45, 2.75) is 139 Å². The summed E-state index contributed by atoms with van der Waals surface area (Å²) in [6.45, 7) is 11.7. The first-order valence-corrected chi connectivity index (χ1v) is 19.5. The van der Waals surface area contributed by atoms with Gasteiger partial charge in [0.25, 0.3) is 5.91 Å². The predicted octanol–water partition coefficient (Wildman–Crippen LogP) is 0.267. The molecule has 326 valence electrons. The van der Waals surface area contributed by atoms with Gasteiger partial charge in [-0.05, 0) is 38.7 Å². The van der Waals surface area contributed by atoms with Gasteiger partial charge >= 0.3 is 5.97 Å². The summed E-state index contributed by atoms with van der Waals surface area (Å²) in [6.07, 6.45) is -0.305. The Morgan fingerprint density at radius 1 is 1.09 bits per heavy atom. The average Bonchev–Trinajstić information content (AvgIpc) is 3.16. The van der Waals surface area contributed by atoms with Crippen molar-refractivity contribution in [1.82, 2.24) is 10.6 Å². The van der Waals surface area contributed by atoms with E-state index in [0.29, 0.717) is 19.3 Å². The minimum atomic E-state index is -2.16. The molecule has 0 spiro atoms. The van der Waals surface area contributed by atoms with E-state index in [9.17, 15) is 34.5 Å². The third-order valence-corrected chi connectivity index (χ3v) is 11.5. The summed E-state index contributed by atoms with van der Waals surface area (Å²) in [7, 11) is 2.90. The lowest BCUT2D eigenvalue weighted by molar-refractivity contribution is -0.335. The number of aliphatic hydroxyl groups is 2. The second-order valence-electron chi connectivity index (χ2n) is 15.9. The molecule has 4 rings (SSSR count). The minimum Gasteiger partial charge on any atom is -0.480 e.